The van der Waals surface area contributed by atoms with E-state index in [2.05, 4.69) is 0 Å². The van der Waals surface area contributed by atoms with Crippen LogP contribution in [0.2, 0.25) is 0 Å². The first-order chi connectivity index (χ1) is 6.66. The van der Waals surface area contributed by atoms with Crippen LogP contribution in [0.4, 0.5) is 8.78 Å². The van der Waals surface area contributed by atoms with Crippen LogP contribution in [0.3, 0.4) is 0 Å². The number of rotatable bonds is 6. The molecule has 0 rings (SSSR count). The second kappa shape index (κ2) is 5.36. The molecule has 15 heavy (non-hydrogen) atoms. The molecule has 0 aliphatic carbocycles. The highest BCUT2D eigenvalue weighted by Crippen LogP contribution is 2.11. The molecule has 2 N–H and O–H groups in total. The SMILES string of the molecule is CC(C)C(CC(=O)O)NS(=O)(=O)C(F)F. The fourth-order valence-electron chi connectivity index (χ4n) is 0.864. The maximum atomic E-state index is 12.0. The van der Waals surface area contributed by atoms with Gasteiger partial charge in [0.1, 0.15) is 0 Å². The average molecular weight is 245 g/mol. The molecule has 0 aliphatic heterocycles. The predicted octanol–water partition coefficient (Wildman–Crippen LogP) is 0.628. The second-order valence-electron chi connectivity index (χ2n) is 3.37. The summed E-state index contributed by atoms with van der Waals surface area (Å²) < 4.78 is 47.2. The van der Waals surface area contributed by atoms with Crippen LogP contribution in [0.15, 0.2) is 0 Å². The van der Waals surface area contributed by atoms with Gasteiger partial charge in [0.05, 0.1) is 6.42 Å². The third kappa shape index (κ3) is 5.03. The van der Waals surface area contributed by atoms with Crippen LogP contribution in [0.5, 0.6) is 0 Å². The van der Waals surface area contributed by atoms with Gasteiger partial charge in [-0.1, -0.05) is 13.8 Å². The molecule has 1 unspecified atom stereocenters. The van der Waals surface area contributed by atoms with E-state index in [1.54, 1.807) is 18.6 Å². The summed E-state index contributed by atoms with van der Waals surface area (Å²) in [5.74, 6) is -5.17. The molecule has 0 amide bonds. The van der Waals surface area contributed by atoms with E-state index < -0.39 is 34.2 Å². The lowest BCUT2D eigenvalue weighted by atomic mass is 10.0. The Morgan fingerprint density at radius 2 is 1.87 bits per heavy atom. The monoisotopic (exact) mass is 245 g/mol. The molecule has 0 aliphatic rings. The van der Waals surface area contributed by atoms with E-state index in [1.807, 2.05) is 0 Å². The fourth-order valence-corrected chi connectivity index (χ4v) is 1.74. The Hall–Kier alpha value is -0.760. The maximum Gasteiger partial charge on any atom is 0.350 e. The van der Waals surface area contributed by atoms with Gasteiger partial charge < -0.3 is 5.11 Å². The molecule has 0 radical (unpaired) electrons. The maximum absolute atomic E-state index is 12.0. The summed E-state index contributed by atoms with van der Waals surface area (Å²) in [6.07, 6.45) is -0.524. The van der Waals surface area contributed by atoms with E-state index >= 15 is 0 Å². The Labute approximate surface area is 86.5 Å². The van der Waals surface area contributed by atoms with E-state index in [1.165, 1.54) is 0 Å². The number of carboxylic acid groups (broad SMARTS) is 1. The molecule has 0 saturated heterocycles. The van der Waals surface area contributed by atoms with Crippen molar-refractivity contribution in [2.45, 2.75) is 32.1 Å². The standard InChI is InChI=1S/C7H13F2NO4S/c1-4(2)5(3-6(11)12)10-15(13,14)7(8)9/h4-5,7,10H,3H2,1-2H3,(H,11,12). The first kappa shape index (κ1) is 14.2. The fraction of sp³-hybridized carbons (Fsp3) is 0.857. The number of carboxylic acids is 1. The molecule has 0 saturated carbocycles. The molecule has 1 atom stereocenters. The van der Waals surface area contributed by atoms with Crippen LogP contribution < -0.4 is 4.72 Å². The molecule has 0 aromatic carbocycles. The lowest BCUT2D eigenvalue weighted by molar-refractivity contribution is -0.137. The minimum absolute atomic E-state index is 0.380. The number of aliphatic carboxylic acids is 1. The van der Waals surface area contributed by atoms with Gasteiger partial charge in [0.15, 0.2) is 0 Å². The van der Waals surface area contributed by atoms with Crippen molar-refractivity contribution in [1.82, 2.24) is 4.72 Å². The number of hydrogen-bond donors (Lipinski definition) is 2. The van der Waals surface area contributed by atoms with Crippen LogP contribution in [0.25, 0.3) is 0 Å². The third-order valence-electron chi connectivity index (χ3n) is 1.75. The van der Waals surface area contributed by atoms with Crippen LogP contribution >= 0.6 is 0 Å². The highest BCUT2D eigenvalue weighted by molar-refractivity contribution is 7.89. The van der Waals surface area contributed by atoms with Gasteiger partial charge in [-0.25, -0.2) is 13.1 Å². The summed E-state index contributed by atoms with van der Waals surface area (Å²) in [4.78, 5) is 10.3. The molecule has 8 heteroatoms. The third-order valence-corrected chi connectivity index (χ3v) is 2.85. The molecule has 0 fully saturated rings. The summed E-state index contributed by atoms with van der Waals surface area (Å²) in [7, 11) is -4.73. The summed E-state index contributed by atoms with van der Waals surface area (Å²) in [6.45, 7) is 3.09. The summed E-state index contributed by atoms with van der Waals surface area (Å²) >= 11 is 0. The largest absolute Gasteiger partial charge is 0.481 e. The zero-order valence-electron chi connectivity index (χ0n) is 8.28. The molecular weight excluding hydrogens is 232 g/mol. The van der Waals surface area contributed by atoms with Gasteiger partial charge in [-0.05, 0) is 5.92 Å². The van der Waals surface area contributed by atoms with Gasteiger partial charge in [0.25, 0.3) is 10.0 Å². The number of sulfonamides is 1. The minimum Gasteiger partial charge on any atom is -0.481 e. The van der Waals surface area contributed by atoms with Gasteiger partial charge in [-0.2, -0.15) is 8.78 Å². The van der Waals surface area contributed by atoms with Crippen LogP contribution in [0, 0.1) is 5.92 Å². The highest BCUT2D eigenvalue weighted by atomic mass is 32.2. The molecule has 90 valence electrons. The topological polar surface area (TPSA) is 83.5 Å². The number of halogens is 2. The van der Waals surface area contributed by atoms with E-state index in [-0.39, 0.29) is 5.92 Å². The Balaban J connectivity index is 4.63. The molecule has 0 aromatic rings. The number of alkyl halides is 2. The molecule has 0 spiro atoms. The lowest BCUT2D eigenvalue weighted by Gasteiger charge is -2.19. The zero-order chi connectivity index (χ0) is 12.2. The van der Waals surface area contributed by atoms with Gasteiger partial charge in [0.2, 0.25) is 0 Å². The molecule has 0 heterocycles. The van der Waals surface area contributed by atoms with Crippen LogP contribution in [-0.4, -0.2) is 31.3 Å². The van der Waals surface area contributed by atoms with Crippen molar-refractivity contribution in [2.75, 3.05) is 0 Å². The summed E-state index contributed by atoms with van der Waals surface area (Å²) in [5, 5.41) is 8.45. The Kier molecular flexibility index (Phi) is 5.09. The van der Waals surface area contributed by atoms with Crippen molar-refractivity contribution < 1.29 is 27.1 Å². The van der Waals surface area contributed by atoms with Gasteiger partial charge in [-0.15, -0.1) is 0 Å². The number of nitrogens with one attached hydrogen (secondary N) is 1. The molecular formula is C7H13F2NO4S. The first-order valence-corrected chi connectivity index (χ1v) is 5.72. The van der Waals surface area contributed by atoms with Crippen molar-refractivity contribution in [3.05, 3.63) is 0 Å². The van der Waals surface area contributed by atoms with E-state index in [0.717, 1.165) is 0 Å². The first-order valence-electron chi connectivity index (χ1n) is 4.18. The second-order valence-corrected chi connectivity index (χ2v) is 5.05. The summed E-state index contributed by atoms with van der Waals surface area (Å²) in [5.41, 5.74) is 0. The Bertz CT molecular complexity index is 315. The van der Waals surface area contributed by atoms with Crippen molar-refractivity contribution in [1.29, 1.82) is 0 Å². The molecule has 5 nitrogen and oxygen atoms in total. The minimum atomic E-state index is -4.73. The summed E-state index contributed by atoms with van der Waals surface area (Å²) in [6, 6.07) is -1.03. The van der Waals surface area contributed by atoms with E-state index in [0.29, 0.717) is 0 Å². The van der Waals surface area contributed by atoms with E-state index in [4.69, 9.17) is 5.11 Å². The van der Waals surface area contributed by atoms with Crippen LogP contribution in [0.1, 0.15) is 20.3 Å². The zero-order valence-corrected chi connectivity index (χ0v) is 9.09. The Morgan fingerprint density at radius 3 is 2.13 bits per heavy atom. The van der Waals surface area contributed by atoms with Gasteiger partial charge in [-0.3, -0.25) is 4.79 Å². The Morgan fingerprint density at radius 1 is 1.40 bits per heavy atom. The highest BCUT2D eigenvalue weighted by Gasteiger charge is 2.29. The van der Waals surface area contributed by atoms with Crippen molar-refractivity contribution in [2.24, 2.45) is 5.92 Å². The van der Waals surface area contributed by atoms with E-state index in [9.17, 15) is 22.0 Å². The van der Waals surface area contributed by atoms with Gasteiger partial charge in [0, 0.05) is 6.04 Å². The van der Waals surface area contributed by atoms with Crippen molar-refractivity contribution in [3.63, 3.8) is 0 Å². The molecule has 0 aromatic heterocycles. The van der Waals surface area contributed by atoms with Crippen LogP contribution in [-0.2, 0) is 14.8 Å². The quantitative estimate of drug-likeness (QED) is 0.718. The van der Waals surface area contributed by atoms with Gasteiger partial charge >= 0.3 is 11.7 Å². The lowest BCUT2D eigenvalue weighted by Crippen LogP contribution is -2.42. The number of hydrogen-bond acceptors (Lipinski definition) is 3. The van der Waals surface area contributed by atoms with Crippen molar-refractivity contribution >= 4 is 16.0 Å². The smallest absolute Gasteiger partial charge is 0.350 e. The average Bonchev–Trinajstić information content (AvgIpc) is 2.01. The molecule has 0 bridgehead atoms. The van der Waals surface area contributed by atoms with Crippen molar-refractivity contribution in [3.8, 4) is 0 Å². The number of carbonyl (C=O) groups is 1. The normalized spacial score (nSPS) is 14.5. The predicted molar refractivity (Wildman–Crippen MR) is 48.9 cm³/mol.